The Morgan fingerprint density at radius 2 is 1.53 bits per heavy atom. The third-order valence-corrected chi connectivity index (χ3v) is 8.37. The summed E-state index contributed by atoms with van der Waals surface area (Å²) < 4.78 is 88.6. The van der Waals surface area contributed by atoms with E-state index in [9.17, 15) is 35.9 Å². The standard InChI is InChI=1S/C34H34F6N4O3/c1-42-21-23(29-5-3-4-6-30(29)42)19-28(11-12-31(45)41-26-7-9-27(10-8-26)44-13-15-47-16-14-44)43(2)32(46)22-17-24(33(35,36)37)20-25(18-22)34(38,39)40/h3-10,17-18,20-21,28H,11-16,19H2,1-2H3,(H,41,45). The number of carbonyl (C=O) groups is 2. The van der Waals surface area contributed by atoms with E-state index in [1.165, 1.54) is 7.05 Å². The minimum atomic E-state index is -5.10. The fraction of sp³-hybridized carbons (Fsp3) is 0.353. The minimum absolute atomic E-state index is 0.0117. The smallest absolute Gasteiger partial charge is 0.378 e. The maximum atomic E-state index is 13.6. The Bertz CT molecular complexity index is 1690. The summed E-state index contributed by atoms with van der Waals surface area (Å²) in [6, 6.07) is 14.9. The number of anilines is 2. The van der Waals surface area contributed by atoms with Crippen LogP contribution in [0.1, 0.15) is 39.9 Å². The maximum absolute atomic E-state index is 13.6. The Labute approximate surface area is 267 Å². The number of fused-ring (bicyclic) bond motifs is 1. The van der Waals surface area contributed by atoms with Crippen molar-refractivity contribution in [2.75, 3.05) is 43.6 Å². The van der Waals surface area contributed by atoms with Gasteiger partial charge in [-0.1, -0.05) is 18.2 Å². The number of morpholine rings is 1. The van der Waals surface area contributed by atoms with Crippen LogP contribution in [-0.2, 0) is 35.4 Å². The zero-order valence-corrected chi connectivity index (χ0v) is 25.8. The second-order valence-electron chi connectivity index (χ2n) is 11.6. The second-order valence-corrected chi connectivity index (χ2v) is 11.6. The number of aromatic nitrogens is 1. The highest BCUT2D eigenvalue weighted by atomic mass is 19.4. The highest BCUT2D eigenvalue weighted by Gasteiger charge is 2.38. The average Bonchev–Trinajstić information content (AvgIpc) is 3.36. The van der Waals surface area contributed by atoms with Crippen molar-refractivity contribution in [3.05, 3.63) is 95.2 Å². The van der Waals surface area contributed by atoms with Crippen LogP contribution >= 0.6 is 0 Å². The fourth-order valence-corrected chi connectivity index (χ4v) is 5.82. The van der Waals surface area contributed by atoms with Crippen molar-refractivity contribution in [2.24, 2.45) is 7.05 Å². The van der Waals surface area contributed by atoms with Crippen LogP contribution in [-0.4, -0.2) is 60.7 Å². The van der Waals surface area contributed by atoms with Crippen LogP contribution in [0.2, 0.25) is 0 Å². The summed E-state index contributed by atoms with van der Waals surface area (Å²) in [6.45, 7) is 2.78. The molecule has 7 nitrogen and oxygen atoms in total. The first-order valence-electron chi connectivity index (χ1n) is 15.0. The van der Waals surface area contributed by atoms with Gasteiger partial charge >= 0.3 is 12.4 Å². The van der Waals surface area contributed by atoms with Crippen LogP contribution in [0.5, 0.6) is 0 Å². The number of rotatable bonds is 9. The molecule has 1 saturated heterocycles. The van der Waals surface area contributed by atoms with Crippen molar-refractivity contribution in [3.8, 4) is 0 Å². The van der Waals surface area contributed by atoms with Gasteiger partial charge in [0.05, 0.1) is 24.3 Å². The Balaban J connectivity index is 1.37. The number of hydrogen-bond donors (Lipinski definition) is 1. The molecule has 3 aromatic carbocycles. The third-order valence-electron chi connectivity index (χ3n) is 8.37. The van der Waals surface area contributed by atoms with Gasteiger partial charge < -0.3 is 24.4 Å². The van der Waals surface area contributed by atoms with Crippen LogP contribution in [0.3, 0.4) is 0 Å². The molecule has 250 valence electrons. The Hall–Kier alpha value is -4.52. The predicted octanol–water partition coefficient (Wildman–Crippen LogP) is 7.15. The molecular formula is C34H34F6N4O3. The van der Waals surface area contributed by atoms with Crippen molar-refractivity contribution >= 4 is 34.1 Å². The maximum Gasteiger partial charge on any atom is 0.416 e. The molecule has 1 aliphatic rings. The van der Waals surface area contributed by atoms with Crippen molar-refractivity contribution in [3.63, 3.8) is 0 Å². The molecular weight excluding hydrogens is 626 g/mol. The third kappa shape index (κ3) is 8.07. The fourth-order valence-electron chi connectivity index (χ4n) is 5.82. The van der Waals surface area contributed by atoms with Gasteiger partial charge in [0.25, 0.3) is 5.91 Å². The normalized spacial score (nSPS) is 14.7. The molecule has 2 heterocycles. The largest absolute Gasteiger partial charge is 0.416 e. The predicted molar refractivity (Wildman–Crippen MR) is 166 cm³/mol. The summed E-state index contributed by atoms with van der Waals surface area (Å²) in [5, 5.41) is 3.71. The van der Waals surface area contributed by atoms with Gasteiger partial charge in [-0.05, 0) is 66.9 Å². The number of ether oxygens (including phenoxy) is 1. The van der Waals surface area contributed by atoms with E-state index >= 15 is 0 Å². The monoisotopic (exact) mass is 660 g/mol. The Kier molecular flexibility index (Phi) is 9.85. The first kappa shape index (κ1) is 33.8. The van der Waals surface area contributed by atoms with Crippen LogP contribution in [0.25, 0.3) is 10.9 Å². The number of para-hydroxylation sites is 1. The minimum Gasteiger partial charge on any atom is -0.378 e. The van der Waals surface area contributed by atoms with Crippen LogP contribution < -0.4 is 10.2 Å². The second kappa shape index (κ2) is 13.7. The summed E-state index contributed by atoms with van der Waals surface area (Å²) in [5.41, 5.74) is -0.631. The van der Waals surface area contributed by atoms with E-state index in [2.05, 4.69) is 10.2 Å². The SMILES string of the molecule is CN(C(=O)c1cc(C(F)(F)F)cc(C(F)(F)F)c1)C(CCC(=O)Nc1ccc(N2CCOCC2)cc1)Cc1cn(C)c2ccccc12. The summed E-state index contributed by atoms with van der Waals surface area (Å²) in [5.74, 6) is -1.38. The lowest BCUT2D eigenvalue weighted by Crippen LogP contribution is -2.39. The quantitative estimate of drug-likeness (QED) is 0.194. The number of carbonyl (C=O) groups excluding carboxylic acids is 2. The Morgan fingerprint density at radius 3 is 2.15 bits per heavy atom. The highest BCUT2D eigenvalue weighted by Crippen LogP contribution is 2.37. The number of benzene rings is 3. The van der Waals surface area contributed by atoms with Crippen molar-refractivity contribution < 1.29 is 40.7 Å². The molecule has 47 heavy (non-hydrogen) atoms. The molecule has 1 aromatic heterocycles. The molecule has 1 unspecified atom stereocenters. The molecule has 13 heteroatoms. The number of aryl methyl sites for hydroxylation is 1. The number of alkyl halides is 6. The van der Waals surface area contributed by atoms with E-state index in [0.29, 0.717) is 31.0 Å². The van der Waals surface area contributed by atoms with E-state index in [1.54, 1.807) is 12.1 Å². The summed E-state index contributed by atoms with van der Waals surface area (Å²) in [4.78, 5) is 29.9. The molecule has 1 atom stereocenters. The summed E-state index contributed by atoms with van der Waals surface area (Å²) >= 11 is 0. The molecule has 0 saturated carbocycles. The number of nitrogens with zero attached hydrogens (tertiary/aromatic N) is 3. The summed E-state index contributed by atoms with van der Waals surface area (Å²) in [6.07, 6.45) is -8.11. The Morgan fingerprint density at radius 1 is 0.915 bits per heavy atom. The van der Waals surface area contributed by atoms with Gasteiger partial charge in [0.15, 0.2) is 0 Å². The van der Waals surface area contributed by atoms with Gasteiger partial charge in [-0.25, -0.2) is 0 Å². The van der Waals surface area contributed by atoms with Crippen LogP contribution in [0.4, 0.5) is 37.7 Å². The van der Waals surface area contributed by atoms with Crippen molar-refractivity contribution in [1.82, 2.24) is 9.47 Å². The van der Waals surface area contributed by atoms with Crippen LogP contribution in [0, 0.1) is 0 Å². The molecule has 0 aliphatic carbocycles. The number of halogens is 6. The first-order chi connectivity index (χ1) is 22.2. The van der Waals surface area contributed by atoms with Gasteiger partial charge in [0.1, 0.15) is 0 Å². The van der Waals surface area contributed by atoms with E-state index in [-0.39, 0.29) is 31.2 Å². The van der Waals surface area contributed by atoms with Crippen LogP contribution in [0.15, 0.2) is 72.9 Å². The van der Waals surface area contributed by atoms with E-state index in [1.807, 2.05) is 54.2 Å². The zero-order valence-electron chi connectivity index (χ0n) is 25.8. The molecule has 0 bridgehead atoms. The van der Waals surface area contributed by atoms with Gasteiger partial charge in [0.2, 0.25) is 5.91 Å². The highest BCUT2D eigenvalue weighted by molar-refractivity contribution is 5.95. The molecule has 1 N–H and O–H groups in total. The molecule has 2 amide bonds. The molecule has 4 aromatic rings. The molecule has 0 radical (unpaired) electrons. The van der Waals surface area contributed by atoms with Gasteiger partial charge in [-0.3, -0.25) is 9.59 Å². The topological polar surface area (TPSA) is 66.8 Å². The average molecular weight is 661 g/mol. The molecule has 5 rings (SSSR count). The zero-order chi connectivity index (χ0) is 33.9. The first-order valence-corrected chi connectivity index (χ1v) is 15.0. The lowest BCUT2D eigenvalue weighted by molar-refractivity contribution is -0.143. The molecule has 1 fully saturated rings. The molecule has 1 aliphatic heterocycles. The summed E-state index contributed by atoms with van der Waals surface area (Å²) in [7, 11) is 3.17. The van der Waals surface area contributed by atoms with Gasteiger partial charge in [-0.2, -0.15) is 26.3 Å². The van der Waals surface area contributed by atoms with E-state index in [4.69, 9.17) is 4.74 Å². The van der Waals surface area contributed by atoms with Crippen molar-refractivity contribution in [2.45, 2.75) is 37.7 Å². The number of amides is 2. The van der Waals surface area contributed by atoms with E-state index in [0.717, 1.165) is 40.1 Å². The van der Waals surface area contributed by atoms with E-state index < -0.39 is 41.0 Å². The number of nitrogens with one attached hydrogen (secondary N) is 1. The number of likely N-dealkylation sites (N-methyl/N-ethyl adjacent to an activating group) is 1. The lowest BCUT2D eigenvalue weighted by atomic mass is 9.98. The van der Waals surface area contributed by atoms with Gasteiger partial charge in [-0.15, -0.1) is 0 Å². The molecule has 0 spiro atoms. The lowest BCUT2D eigenvalue weighted by Gasteiger charge is -2.29. The van der Waals surface area contributed by atoms with Crippen molar-refractivity contribution in [1.29, 1.82) is 0 Å². The number of hydrogen-bond acceptors (Lipinski definition) is 4. The van der Waals surface area contributed by atoms with Gasteiger partial charge in [0, 0.05) is 73.7 Å².